The Bertz CT molecular complexity index is 358. The summed E-state index contributed by atoms with van der Waals surface area (Å²) in [6.45, 7) is 3.62. The lowest BCUT2D eigenvalue weighted by Crippen LogP contribution is -2.41. The van der Waals surface area contributed by atoms with Crippen LogP contribution in [0.3, 0.4) is 0 Å². The fourth-order valence-electron chi connectivity index (χ4n) is 2.90. The maximum Gasteiger partial charge on any atom is 0.0406 e. The summed E-state index contributed by atoms with van der Waals surface area (Å²) in [5, 5.41) is 4.11. The molecule has 1 aliphatic rings. The molecule has 0 amide bonds. The van der Waals surface area contributed by atoms with E-state index in [1.807, 2.05) is 19.2 Å². The number of nitrogens with zero attached hydrogens (tertiary/aromatic N) is 1. The Morgan fingerprint density at radius 3 is 2.47 bits per heavy atom. The standard InChI is InChI=1S/C16H25ClN2/c1-18-10-9-16(19-11-3-2-4-12-19)13-14-5-7-15(17)8-6-14/h5-8,16,18H,2-4,9-13H2,1H3/t16-/m1/s1. The van der Waals surface area contributed by atoms with Crippen molar-refractivity contribution in [3.8, 4) is 0 Å². The molecule has 2 rings (SSSR count). The monoisotopic (exact) mass is 280 g/mol. The SMILES string of the molecule is CNCC[C@H](Cc1ccc(Cl)cc1)N1CCCCC1. The molecule has 1 atom stereocenters. The van der Waals surface area contributed by atoms with Crippen molar-refractivity contribution in [1.29, 1.82) is 0 Å². The zero-order valence-corrected chi connectivity index (χ0v) is 12.6. The van der Waals surface area contributed by atoms with Crippen molar-refractivity contribution < 1.29 is 0 Å². The molecule has 0 spiro atoms. The number of rotatable bonds is 6. The molecule has 0 aliphatic carbocycles. The lowest BCUT2D eigenvalue weighted by Gasteiger charge is -2.35. The molecule has 1 N–H and O–H groups in total. The van der Waals surface area contributed by atoms with Crippen LogP contribution in [0.2, 0.25) is 5.02 Å². The molecule has 0 aromatic heterocycles. The van der Waals surface area contributed by atoms with E-state index >= 15 is 0 Å². The number of hydrogen-bond acceptors (Lipinski definition) is 2. The minimum absolute atomic E-state index is 0.661. The molecule has 1 aromatic rings. The highest BCUT2D eigenvalue weighted by atomic mass is 35.5. The van der Waals surface area contributed by atoms with Crippen molar-refractivity contribution in [2.75, 3.05) is 26.7 Å². The Labute approximate surface area is 122 Å². The van der Waals surface area contributed by atoms with Crippen molar-refractivity contribution in [3.63, 3.8) is 0 Å². The highest BCUT2D eigenvalue weighted by Gasteiger charge is 2.20. The molecule has 1 saturated heterocycles. The minimum atomic E-state index is 0.661. The zero-order valence-electron chi connectivity index (χ0n) is 11.9. The zero-order chi connectivity index (χ0) is 13.5. The Hall–Kier alpha value is -0.570. The van der Waals surface area contributed by atoms with Crippen molar-refractivity contribution in [3.05, 3.63) is 34.9 Å². The van der Waals surface area contributed by atoms with Gasteiger partial charge in [0.1, 0.15) is 0 Å². The van der Waals surface area contributed by atoms with Gasteiger partial charge in [-0.1, -0.05) is 30.2 Å². The predicted molar refractivity (Wildman–Crippen MR) is 82.9 cm³/mol. The van der Waals surface area contributed by atoms with Gasteiger partial charge in [0, 0.05) is 11.1 Å². The molecular weight excluding hydrogens is 256 g/mol. The summed E-state index contributed by atoms with van der Waals surface area (Å²) in [6.07, 6.45) is 6.47. The average Bonchev–Trinajstić information content (AvgIpc) is 2.46. The molecule has 2 nitrogen and oxygen atoms in total. The van der Waals surface area contributed by atoms with Gasteiger partial charge in [-0.15, -0.1) is 0 Å². The predicted octanol–water partition coefficient (Wildman–Crippen LogP) is 3.35. The van der Waals surface area contributed by atoms with Gasteiger partial charge < -0.3 is 10.2 Å². The maximum atomic E-state index is 5.96. The molecule has 3 heteroatoms. The summed E-state index contributed by atoms with van der Waals surface area (Å²) >= 11 is 5.96. The lowest BCUT2D eigenvalue weighted by atomic mass is 9.99. The smallest absolute Gasteiger partial charge is 0.0406 e. The molecule has 0 saturated carbocycles. The van der Waals surface area contributed by atoms with Gasteiger partial charge >= 0.3 is 0 Å². The van der Waals surface area contributed by atoms with Crippen LogP contribution in [0.1, 0.15) is 31.2 Å². The summed E-state index contributed by atoms with van der Waals surface area (Å²) in [5.41, 5.74) is 1.40. The van der Waals surface area contributed by atoms with Crippen LogP contribution in [0.4, 0.5) is 0 Å². The van der Waals surface area contributed by atoms with E-state index in [4.69, 9.17) is 11.6 Å². The van der Waals surface area contributed by atoms with Crippen LogP contribution in [0.5, 0.6) is 0 Å². The van der Waals surface area contributed by atoms with Crippen molar-refractivity contribution in [1.82, 2.24) is 10.2 Å². The van der Waals surface area contributed by atoms with E-state index in [1.54, 1.807) is 0 Å². The van der Waals surface area contributed by atoms with E-state index in [0.29, 0.717) is 6.04 Å². The van der Waals surface area contributed by atoms with Crippen LogP contribution in [0, 0.1) is 0 Å². The second-order valence-electron chi connectivity index (χ2n) is 5.47. The van der Waals surface area contributed by atoms with Gasteiger partial charge in [0.25, 0.3) is 0 Å². The summed E-state index contributed by atoms with van der Waals surface area (Å²) in [5.74, 6) is 0. The van der Waals surface area contributed by atoms with Crippen LogP contribution < -0.4 is 5.32 Å². The minimum Gasteiger partial charge on any atom is -0.320 e. The van der Waals surface area contributed by atoms with Crippen molar-refractivity contribution in [2.45, 2.75) is 38.1 Å². The fraction of sp³-hybridized carbons (Fsp3) is 0.625. The first-order valence-corrected chi connectivity index (χ1v) is 7.80. The number of hydrogen-bond donors (Lipinski definition) is 1. The van der Waals surface area contributed by atoms with E-state index in [0.717, 1.165) is 18.0 Å². The molecule has 106 valence electrons. The Morgan fingerprint density at radius 2 is 1.84 bits per heavy atom. The van der Waals surface area contributed by atoms with Crippen LogP contribution in [0.15, 0.2) is 24.3 Å². The largest absolute Gasteiger partial charge is 0.320 e. The van der Waals surface area contributed by atoms with Crippen LogP contribution >= 0.6 is 11.6 Å². The molecule has 1 aliphatic heterocycles. The molecule has 1 fully saturated rings. The maximum absolute atomic E-state index is 5.96. The Balaban J connectivity index is 1.97. The molecule has 1 heterocycles. The van der Waals surface area contributed by atoms with Crippen molar-refractivity contribution >= 4 is 11.6 Å². The number of benzene rings is 1. The lowest BCUT2D eigenvalue weighted by molar-refractivity contribution is 0.154. The van der Waals surface area contributed by atoms with Gasteiger partial charge in [0.2, 0.25) is 0 Å². The van der Waals surface area contributed by atoms with Crippen molar-refractivity contribution in [2.24, 2.45) is 0 Å². The van der Waals surface area contributed by atoms with Gasteiger partial charge in [-0.25, -0.2) is 0 Å². The fourth-order valence-corrected chi connectivity index (χ4v) is 3.03. The van der Waals surface area contributed by atoms with Gasteiger partial charge in [-0.3, -0.25) is 0 Å². The van der Waals surface area contributed by atoms with E-state index < -0.39 is 0 Å². The third-order valence-electron chi connectivity index (χ3n) is 4.02. The van der Waals surface area contributed by atoms with E-state index in [-0.39, 0.29) is 0 Å². The highest BCUT2D eigenvalue weighted by molar-refractivity contribution is 6.30. The van der Waals surface area contributed by atoms with Crippen LogP contribution in [-0.4, -0.2) is 37.6 Å². The first-order chi connectivity index (χ1) is 9.29. The molecular formula is C16H25ClN2. The van der Waals surface area contributed by atoms with Gasteiger partial charge in [0.05, 0.1) is 0 Å². The van der Waals surface area contributed by atoms with E-state index in [9.17, 15) is 0 Å². The summed E-state index contributed by atoms with van der Waals surface area (Å²) in [6, 6.07) is 9.00. The van der Waals surface area contributed by atoms with Crippen LogP contribution in [0.25, 0.3) is 0 Å². The molecule has 0 unspecified atom stereocenters. The topological polar surface area (TPSA) is 15.3 Å². The first-order valence-electron chi connectivity index (χ1n) is 7.42. The Kier molecular flexibility index (Phi) is 6.15. The average molecular weight is 281 g/mol. The third kappa shape index (κ3) is 4.79. The number of likely N-dealkylation sites (tertiary alicyclic amines) is 1. The first kappa shape index (κ1) is 14.8. The highest BCUT2D eigenvalue weighted by Crippen LogP contribution is 2.19. The van der Waals surface area contributed by atoms with Crippen LogP contribution in [-0.2, 0) is 6.42 Å². The molecule has 0 bridgehead atoms. The summed E-state index contributed by atoms with van der Waals surface area (Å²) in [7, 11) is 2.04. The van der Waals surface area contributed by atoms with E-state index in [1.165, 1.54) is 44.3 Å². The number of nitrogens with one attached hydrogen (secondary N) is 1. The molecule has 0 radical (unpaired) electrons. The van der Waals surface area contributed by atoms with Gasteiger partial charge in [0.15, 0.2) is 0 Å². The number of piperidine rings is 1. The van der Waals surface area contributed by atoms with E-state index in [2.05, 4.69) is 22.3 Å². The third-order valence-corrected chi connectivity index (χ3v) is 4.27. The second-order valence-corrected chi connectivity index (χ2v) is 5.91. The number of halogens is 1. The van der Waals surface area contributed by atoms with Gasteiger partial charge in [-0.05, 0) is 70.1 Å². The quantitative estimate of drug-likeness (QED) is 0.860. The molecule has 1 aromatic carbocycles. The Morgan fingerprint density at radius 1 is 1.16 bits per heavy atom. The normalized spacial score (nSPS) is 18.4. The van der Waals surface area contributed by atoms with Gasteiger partial charge in [-0.2, -0.15) is 0 Å². The summed E-state index contributed by atoms with van der Waals surface area (Å²) in [4.78, 5) is 2.68. The molecule has 19 heavy (non-hydrogen) atoms. The summed E-state index contributed by atoms with van der Waals surface area (Å²) < 4.78 is 0. The second kappa shape index (κ2) is 7.88.